The van der Waals surface area contributed by atoms with Crippen LogP contribution in [0.25, 0.3) is 0 Å². The molecule has 0 heterocycles. The second-order valence-electron chi connectivity index (χ2n) is 8.02. The summed E-state index contributed by atoms with van der Waals surface area (Å²) in [5, 5.41) is 7.65. The van der Waals surface area contributed by atoms with Crippen LogP contribution >= 0.6 is 11.6 Å². The van der Waals surface area contributed by atoms with Crippen LogP contribution in [0.3, 0.4) is 0 Å². The zero-order chi connectivity index (χ0) is 21.1. The first kappa shape index (κ1) is 23.5. The lowest BCUT2D eigenvalue weighted by Gasteiger charge is -2.27. The molecular formula is C26H35ClN2. The van der Waals surface area contributed by atoms with E-state index in [2.05, 4.69) is 73.5 Å². The molecule has 0 radical (unpaired) electrons. The SMILES string of the molecule is CC#N.CCC(CCc1ccc(C2CCCC2Cl)cc1)N(C)Cc1ccccc1. The number of nitrogens with zero attached hydrogens (tertiary/aromatic N) is 2. The van der Waals surface area contributed by atoms with Gasteiger partial charge in [0.05, 0.1) is 6.07 Å². The molecule has 0 saturated heterocycles. The number of rotatable bonds is 8. The van der Waals surface area contributed by atoms with Crippen molar-refractivity contribution in [2.75, 3.05) is 7.05 Å². The van der Waals surface area contributed by atoms with Crippen LogP contribution in [0.2, 0.25) is 0 Å². The summed E-state index contributed by atoms with van der Waals surface area (Å²) in [6.07, 6.45) is 7.23. The maximum absolute atomic E-state index is 7.32. The summed E-state index contributed by atoms with van der Waals surface area (Å²) in [6, 6.07) is 22.4. The van der Waals surface area contributed by atoms with Crippen LogP contribution in [0.15, 0.2) is 54.6 Å². The lowest BCUT2D eigenvalue weighted by atomic mass is 9.95. The Kier molecular flexibility index (Phi) is 10.3. The van der Waals surface area contributed by atoms with E-state index in [1.807, 2.05) is 0 Å². The molecule has 1 fully saturated rings. The van der Waals surface area contributed by atoms with Gasteiger partial charge >= 0.3 is 0 Å². The fraction of sp³-hybridized carbons (Fsp3) is 0.500. The first-order valence-electron chi connectivity index (χ1n) is 10.9. The molecule has 1 aliphatic carbocycles. The zero-order valence-electron chi connectivity index (χ0n) is 18.2. The second-order valence-corrected chi connectivity index (χ2v) is 8.58. The van der Waals surface area contributed by atoms with E-state index in [1.165, 1.54) is 55.7 Å². The van der Waals surface area contributed by atoms with E-state index in [0.29, 0.717) is 17.3 Å². The summed E-state index contributed by atoms with van der Waals surface area (Å²) in [4.78, 5) is 2.50. The Morgan fingerprint density at radius 1 is 1.07 bits per heavy atom. The van der Waals surface area contributed by atoms with Crippen molar-refractivity contribution >= 4 is 11.6 Å². The molecule has 0 spiro atoms. The maximum Gasteiger partial charge on any atom is 0.0587 e. The number of hydrogen-bond donors (Lipinski definition) is 0. The maximum atomic E-state index is 7.32. The highest BCUT2D eigenvalue weighted by Crippen LogP contribution is 2.38. The smallest absolute Gasteiger partial charge is 0.0587 e. The highest BCUT2D eigenvalue weighted by Gasteiger charge is 2.26. The van der Waals surface area contributed by atoms with Crippen LogP contribution in [0.1, 0.15) is 68.6 Å². The Hall–Kier alpha value is -1.82. The lowest BCUT2D eigenvalue weighted by Crippen LogP contribution is -2.31. The third kappa shape index (κ3) is 7.50. The van der Waals surface area contributed by atoms with Crippen LogP contribution in [-0.2, 0) is 13.0 Å². The van der Waals surface area contributed by atoms with Gasteiger partial charge in [-0.15, -0.1) is 11.6 Å². The lowest BCUT2D eigenvalue weighted by molar-refractivity contribution is 0.216. The number of aryl methyl sites for hydroxylation is 1. The molecule has 0 N–H and O–H groups in total. The highest BCUT2D eigenvalue weighted by molar-refractivity contribution is 6.21. The molecule has 29 heavy (non-hydrogen) atoms. The molecule has 3 unspecified atom stereocenters. The van der Waals surface area contributed by atoms with E-state index >= 15 is 0 Å². The van der Waals surface area contributed by atoms with Gasteiger partial charge in [0, 0.05) is 30.8 Å². The van der Waals surface area contributed by atoms with Crippen molar-refractivity contribution in [3.8, 4) is 6.07 Å². The number of nitriles is 1. The average molecular weight is 411 g/mol. The molecule has 0 aromatic heterocycles. The van der Waals surface area contributed by atoms with Gasteiger partial charge in [-0.1, -0.05) is 67.9 Å². The predicted molar refractivity (Wildman–Crippen MR) is 124 cm³/mol. The first-order chi connectivity index (χ1) is 14.1. The van der Waals surface area contributed by atoms with Crippen LogP contribution in [0.4, 0.5) is 0 Å². The van der Waals surface area contributed by atoms with Crippen molar-refractivity contribution in [3.63, 3.8) is 0 Å². The van der Waals surface area contributed by atoms with Gasteiger partial charge in [-0.3, -0.25) is 4.90 Å². The molecule has 1 saturated carbocycles. The van der Waals surface area contributed by atoms with Crippen LogP contribution < -0.4 is 0 Å². The largest absolute Gasteiger partial charge is 0.299 e. The fourth-order valence-corrected chi connectivity index (χ4v) is 4.72. The molecule has 1 aliphatic rings. The topological polar surface area (TPSA) is 27.0 Å². The number of hydrogen-bond acceptors (Lipinski definition) is 2. The normalized spacial score (nSPS) is 19.3. The van der Waals surface area contributed by atoms with E-state index in [4.69, 9.17) is 16.9 Å². The standard InChI is InChI=1S/C24H32ClN.C2H3N/c1-3-22(26(2)18-20-8-5-4-6-9-20)17-14-19-12-15-21(16-13-19)23-10-7-11-24(23)25;1-2-3/h4-6,8-9,12-13,15-16,22-24H,3,7,10-11,14,17-18H2,1-2H3;1H3. The van der Waals surface area contributed by atoms with Crippen molar-refractivity contribution in [2.45, 2.75) is 76.3 Å². The number of benzene rings is 2. The van der Waals surface area contributed by atoms with Crippen molar-refractivity contribution in [2.24, 2.45) is 0 Å². The molecule has 3 rings (SSSR count). The van der Waals surface area contributed by atoms with Crippen LogP contribution in [0, 0.1) is 11.3 Å². The van der Waals surface area contributed by atoms with E-state index in [9.17, 15) is 0 Å². The minimum absolute atomic E-state index is 0.331. The van der Waals surface area contributed by atoms with Gasteiger partial charge in [0.15, 0.2) is 0 Å². The van der Waals surface area contributed by atoms with Crippen LogP contribution in [0.5, 0.6) is 0 Å². The van der Waals surface area contributed by atoms with Gasteiger partial charge in [0.25, 0.3) is 0 Å². The Labute approximate surface area is 182 Å². The van der Waals surface area contributed by atoms with Crippen molar-refractivity contribution in [3.05, 3.63) is 71.3 Å². The van der Waals surface area contributed by atoms with Crippen molar-refractivity contribution in [1.82, 2.24) is 4.90 Å². The zero-order valence-corrected chi connectivity index (χ0v) is 18.9. The molecular weight excluding hydrogens is 376 g/mol. The van der Waals surface area contributed by atoms with E-state index in [1.54, 1.807) is 6.07 Å². The Balaban J connectivity index is 0.000000941. The fourth-order valence-electron chi connectivity index (χ4n) is 4.29. The number of alkyl halides is 1. The molecule has 0 bridgehead atoms. The second kappa shape index (κ2) is 12.7. The highest BCUT2D eigenvalue weighted by atomic mass is 35.5. The quantitative estimate of drug-likeness (QED) is 0.441. The summed E-state index contributed by atoms with van der Waals surface area (Å²) >= 11 is 6.47. The van der Waals surface area contributed by atoms with Crippen LogP contribution in [-0.4, -0.2) is 23.4 Å². The molecule has 0 aliphatic heterocycles. The molecule has 3 atom stereocenters. The third-order valence-electron chi connectivity index (χ3n) is 5.98. The molecule has 3 heteroatoms. The van der Waals surface area contributed by atoms with E-state index < -0.39 is 0 Å². The van der Waals surface area contributed by atoms with Gasteiger partial charge in [0.1, 0.15) is 0 Å². The molecule has 2 nitrogen and oxygen atoms in total. The molecule has 156 valence electrons. The minimum atomic E-state index is 0.331. The van der Waals surface area contributed by atoms with Gasteiger partial charge in [-0.05, 0) is 55.8 Å². The third-order valence-corrected chi connectivity index (χ3v) is 6.50. The Bertz CT molecular complexity index is 736. The van der Waals surface area contributed by atoms with Crippen molar-refractivity contribution < 1.29 is 0 Å². The summed E-state index contributed by atoms with van der Waals surface area (Å²) < 4.78 is 0. The molecule has 0 amide bonds. The van der Waals surface area contributed by atoms with Gasteiger partial charge < -0.3 is 0 Å². The number of halogens is 1. The van der Waals surface area contributed by atoms with Crippen molar-refractivity contribution in [1.29, 1.82) is 5.26 Å². The van der Waals surface area contributed by atoms with E-state index in [-0.39, 0.29) is 0 Å². The summed E-state index contributed by atoms with van der Waals surface area (Å²) in [6.45, 7) is 4.76. The monoisotopic (exact) mass is 410 g/mol. The Morgan fingerprint density at radius 3 is 2.28 bits per heavy atom. The minimum Gasteiger partial charge on any atom is -0.299 e. The molecule has 2 aromatic carbocycles. The summed E-state index contributed by atoms with van der Waals surface area (Å²) in [7, 11) is 2.25. The molecule has 2 aromatic rings. The average Bonchev–Trinajstić information content (AvgIpc) is 3.16. The summed E-state index contributed by atoms with van der Waals surface area (Å²) in [5.74, 6) is 0.561. The predicted octanol–water partition coefficient (Wildman–Crippen LogP) is 6.93. The van der Waals surface area contributed by atoms with Gasteiger partial charge in [0.2, 0.25) is 0 Å². The van der Waals surface area contributed by atoms with Gasteiger partial charge in [-0.25, -0.2) is 0 Å². The first-order valence-corrected chi connectivity index (χ1v) is 11.3. The summed E-state index contributed by atoms with van der Waals surface area (Å²) in [5.41, 5.74) is 4.27. The Morgan fingerprint density at radius 2 is 1.72 bits per heavy atom. The van der Waals surface area contributed by atoms with Gasteiger partial charge in [-0.2, -0.15) is 5.26 Å². The van der Waals surface area contributed by atoms with E-state index in [0.717, 1.165) is 13.0 Å².